The number of carbonyl (C=O) groups is 6. The third-order valence-corrected chi connectivity index (χ3v) is 11.7. The molecule has 4 N–H and O–H groups in total. The van der Waals surface area contributed by atoms with Gasteiger partial charge in [0, 0.05) is 30.4 Å². The molecule has 14 heteroatoms. The monoisotopic (exact) mass is 941 g/mol. The minimum absolute atomic E-state index is 0.0338. The van der Waals surface area contributed by atoms with E-state index in [9.17, 15) is 28.8 Å². The van der Waals surface area contributed by atoms with Crippen LogP contribution in [-0.4, -0.2) is 107 Å². The Morgan fingerprint density at radius 3 is 1.92 bits per heavy atom. The van der Waals surface area contributed by atoms with Crippen molar-refractivity contribution in [2.45, 2.75) is 116 Å². The number of benzene rings is 2. The van der Waals surface area contributed by atoms with E-state index in [4.69, 9.17) is 15.9 Å². The van der Waals surface area contributed by atoms with Gasteiger partial charge in [-0.05, 0) is 62.0 Å². The molecule has 1 heterocycles. The Hall–Kier alpha value is -4.33. The number of aryl methyl sites for hydroxylation is 1. The van der Waals surface area contributed by atoms with Gasteiger partial charge in [-0.1, -0.05) is 111 Å². The van der Waals surface area contributed by atoms with Gasteiger partial charge in [-0.25, -0.2) is 0 Å². The fourth-order valence-electron chi connectivity index (χ4n) is 6.76. The van der Waals surface area contributed by atoms with Crippen molar-refractivity contribution in [1.82, 2.24) is 26.2 Å². The number of alkyl halides is 1. The maximum Gasteiger partial charge on any atom is 0.307 e. The minimum Gasteiger partial charge on any atom is -0.450 e. The van der Waals surface area contributed by atoms with Crippen LogP contribution in [-0.2, 0) is 51.1 Å². The van der Waals surface area contributed by atoms with Crippen LogP contribution in [0, 0.1) is 24.2 Å². The maximum absolute atomic E-state index is 14.3. The fourth-order valence-corrected chi connectivity index (χ4v) is 7.29. The van der Waals surface area contributed by atoms with Crippen molar-refractivity contribution in [2.24, 2.45) is 11.8 Å². The molecule has 0 spiro atoms. The molecule has 60 heavy (non-hydrogen) atoms. The van der Waals surface area contributed by atoms with Crippen molar-refractivity contribution in [1.29, 1.82) is 0 Å². The van der Waals surface area contributed by atoms with E-state index >= 15 is 0 Å². The molecule has 1 saturated heterocycles. The Morgan fingerprint density at radius 2 is 1.33 bits per heavy atom. The van der Waals surface area contributed by atoms with E-state index in [0.29, 0.717) is 45.6 Å². The Bertz CT molecular complexity index is 1730. The average Bonchev–Trinajstić information content (AvgIpc) is 3.22. The van der Waals surface area contributed by atoms with E-state index in [0.717, 1.165) is 11.1 Å². The number of halogens is 1. The summed E-state index contributed by atoms with van der Waals surface area (Å²) in [5, 5.41) is 11.6. The van der Waals surface area contributed by atoms with E-state index in [2.05, 4.69) is 27.2 Å². The highest BCUT2D eigenvalue weighted by Gasteiger charge is 2.42. The third-order valence-electron chi connectivity index (χ3n) is 10.2. The molecule has 3 rings (SSSR count). The van der Waals surface area contributed by atoms with Gasteiger partial charge in [0.15, 0.2) is 11.4 Å². The number of nitrogens with zero attached hydrogens (tertiary/aromatic N) is 1. The molecule has 0 aliphatic carbocycles. The van der Waals surface area contributed by atoms with Crippen molar-refractivity contribution in [2.75, 3.05) is 37.3 Å². The summed E-state index contributed by atoms with van der Waals surface area (Å²) in [4.78, 5) is 84.8. The number of nitrogens with one attached hydrogen (secondary N) is 4. The van der Waals surface area contributed by atoms with Gasteiger partial charge in [0.05, 0.1) is 32.2 Å². The summed E-state index contributed by atoms with van der Waals surface area (Å²) in [6.45, 7) is 11.8. The third kappa shape index (κ3) is 17.7. The van der Waals surface area contributed by atoms with E-state index in [1.165, 1.54) is 6.92 Å². The first-order valence-corrected chi connectivity index (χ1v) is 22.5. The first-order chi connectivity index (χ1) is 28.6. The van der Waals surface area contributed by atoms with Gasteiger partial charge in [-0.3, -0.25) is 33.7 Å². The molecule has 1 aliphatic heterocycles. The topological polar surface area (TPSA) is 172 Å². The largest absolute Gasteiger partial charge is 0.450 e. The molecule has 1 aliphatic rings. The van der Waals surface area contributed by atoms with E-state index in [-0.39, 0.29) is 60.8 Å². The van der Waals surface area contributed by atoms with Crippen molar-refractivity contribution >= 4 is 58.0 Å². The SMILES string of the molecule is C#CCCC(=O)OC(C)(CI)C(=O)[C@H](CCC(C)C)NC(=O)[C@H](Cc1ccccc1)NC(=O)C(CC(C)C)NC(=O)[C@H](CCc1ccccc1)NC(=O)CN1CCOCC1. The lowest BCUT2D eigenvalue weighted by Gasteiger charge is -2.32. The number of ether oxygens (including phenoxy) is 2. The quantitative estimate of drug-likeness (QED) is 0.0490. The van der Waals surface area contributed by atoms with Crippen LogP contribution < -0.4 is 21.3 Å². The van der Waals surface area contributed by atoms with Crippen LogP contribution >= 0.6 is 22.6 Å². The number of hydrogen-bond acceptors (Lipinski definition) is 9. The number of terminal acetylenes is 1. The van der Waals surface area contributed by atoms with Crippen molar-refractivity contribution in [3.05, 3.63) is 71.8 Å². The number of amides is 4. The van der Waals surface area contributed by atoms with Gasteiger partial charge in [0.25, 0.3) is 0 Å². The molecule has 0 radical (unpaired) electrons. The van der Waals surface area contributed by atoms with E-state index in [1.54, 1.807) is 0 Å². The van der Waals surface area contributed by atoms with Crippen LogP contribution in [0.2, 0.25) is 0 Å². The van der Waals surface area contributed by atoms with Crippen molar-refractivity contribution in [3.8, 4) is 12.3 Å². The lowest BCUT2D eigenvalue weighted by molar-refractivity contribution is -0.164. The number of carbonyl (C=O) groups excluding carboxylic acids is 6. The van der Waals surface area contributed by atoms with Gasteiger partial charge in [-0.2, -0.15) is 0 Å². The molecule has 1 fully saturated rings. The summed E-state index contributed by atoms with van der Waals surface area (Å²) in [6.07, 6.45) is 7.45. The van der Waals surface area contributed by atoms with Crippen LogP contribution in [0.5, 0.6) is 0 Å². The number of morpholine rings is 1. The summed E-state index contributed by atoms with van der Waals surface area (Å²) in [5.74, 6) is -0.518. The Kier molecular flexibility index (Phi) is 21.8. The molecule has 328 valence electrons. The van der Waals surface area contributed by atoms with Gasteiger partial charge in [0.2, 0.25) is 23.6 Å². The van der Waals surface area contributed by atoms with Gasteiger partial charge < -0.3 is 30.7 Å². The summed E-state index contributed by atoms with van der Waals surface area (Å²) < 4.78 is 11.2. The number of ketones is 1. The molecular formula is C46H64IN5O8. The van der Waals surface area contributed by atoms with Crippen molar-refractivity contribution < 1.29 is 38.2 Å². The van der Waals surface area contributed by atoms with Crippen LogP contribution in [0.25, 0.3) is 0 Å². The average molecular weight is 942 g/mol. The van der Waals surface area contributed by atoms with Gasteiger partial charge >= 0.3 is 5.97 Å². The Labute approximate surface area is 369 Å². The molecule has 5 atom stereocenters. The predicted octanol–water partition coefficient (Wildman–Crippen LogP) is 4.34. The van der Waals surface area contributed by atoms with E-state index < -0.39 is 59.2 Å². The zero-order valence-corrected chi connectivity index (χ0v) is 38.0. The zero-order chi connectivity index (χ0) is 44.1. The molecule has 0 saturated carbocycles. The molecular weight excluding hydrogens is 877 g/mol. The molecule has 0 bridgehead atoms. The zero-order valence-electron chi connectivity index (χ0n) is 35.8. The summed E-state index contributed by atoms with van der Waals surface area (Å²) in [5.41, 5.74) is 0.214. The fraction of sp³-hybridized carbons (Fsp3) is 0.565. The van der Waals surface area contributed by atoms with Gasteiger partial charge in [-0.15, -0.1) is 12.3 Å². The highest BCUT2D eigenvalue weighted by atomic mass is 127. The summed E-state index contributed by atoms with van der Waals surface area (Å²) in [6, 6.07) is 14.6. The first kappa shape index (κ1) is 50.0. The van der Waals surface area contributed by atoms with Gasteiger partial charge in [0.1, 0.15) is 18.1 Å². The molecule has 2 unspecified atom stereocenters. The van der Waals surface area contributed by atoms with Crippen LogP contribution in [0.4, 0.5) is 0 Å². The normalized spacial score (nSPS) is 16.0. The second-order valence-electron chi connectivity index (χ2n) is 16.4. The second-order valence-corrected chi connectivity index (χ2v) is 17.2. The predicted molar refractivity (Wildman–Crippen MR) is 240 cm³/mol. The summed E-state index contributed by atoms with van der Waals surface area (Å²) >= 11 is 1.99. The highest BCUT2D eigenvalue weighted by molar-refractivity contribution is 14.1. The standard InChI is InChI=1S/C46H64IN5O8/c1-7-8-19-41(54)60-46(6,31-47)42(55)36(22-20-32(2)3)49-45(58)39(29-35-17-13-10-14-18-35)51-44(57)38(28-33(4)5)50-43(56)37(23-21-34-15-11-9-12-16-34)48-40(53)30-52-24-26-59-27-25-52/h1,9-18,32-33,36-39H,8,19-31H2,2-6H3,(H,48,53)(H,49,58)(H,50,56)(H,51,57)/t36-,37-,38?,39-,46?/m0/s1. The molecule has 4 amide bonds. The molecule has 2 aromatic carbocycles. The van der Waals surface area contributed by atoms with Crippen LogP contribution in [0.15, 0.2) is 60.7 Å². The highest BCUT2D eigenvalue weighted by Crippen LogP contribution is 2.22. The number of esters is 1. The number of hydrogen-bond donors (Lipinski definition) is 4. The Balaban J connectivity index is 1.88. The lowest BCUT2D eigenvalue weighted by atomic mass is 9.91. The maximum atomic E-state index is 14.3. The summed E-state index contributed by atoms with van der Waals surface area (Å²) in [7, 11) is 0. The minimum atomic E-state index is -1.54. The molecule has 13 nitrogen and oxygen atoms in total. The smallest absolute Gasteiger partial charge is 0.307 e. The van der Waals surface area contributed by atoms with Crippen molar-refractivity contribution in [3.63, 3.8) is 0 Å². The number of rotatable bonds is 25. The molecule has 2 aromatic rings. The molecule has 0 aromatic heterocycles. The second kappa shape index (κ2) is 26.1. The first-order valence-electron chi connectivity index (χ1n) is 21.0. The van der Waals surface area contributed by atoms with Crippen LogP contribution in [0.3, 0.4) is 0 Å². The van der Waals surface area contributed by atoms with Crippen LogP contribution in [0.1, 0.15) is 84.3 Å². The Morgan fingerprint density at radius 1 is 0.767 bits per heavy atom. The van der Waals surface area contributed by atoms with E-state index in [1.807, 2.05) is 116 Å². The lowest BCUT2D eigenvalue weighted by Crippen LogP contribution is -2.60. The number of Topliss-reactive ketones (excluding diaryl/α,β-unsaturated/α-hetero) is 1.